The first kappa shape index (κ1) is 18.7. The van der Waals surface area contributed by atoms with Gasteiger partial charge in [0.15, 0.2) is 5.78 Å². The quantitative estimate of drug-likeness (QED) is 0.398. The average Bonchev–Trinajstić information content (AvgIpc) is 2.25. The number of anilines is 1. The first-order valence-electron chi connectivity index (χ1n) is 5.51. The van der Waals surface area contributed by atoms with Gasteiger partial charge in [-0.2, -0.15) is 0 Å². The molecule has 0 unspecified atom stereocenters. The van der Waals surface area contributed by atoms with Crippen molar-refractivity contribution in [1.82, 2.24) is 0 Å². The Morgan fingerprint density at radius 2 is 1.95 bits per heavy atom. The largest absolute Gasteiger partial charge is 0.506 e. The Morgan fingerprint density at radius 1 is 1.42 bits per heavy atom. The summed E-state index contributed by atoms with van der Waals surface area (Å²) in [5.41, 5.74) is 12.2. The molecule has 4 nitrogen and oxygen atoms in total. The number of hydrogen-bond acceptors (Lipinski definition) is 4. The van der Waals surface area contributed by atoms with Crippen molar-refractivity contribution in [1.29, 1.82) is 0 Å². The van der Waals surface area contributed by atoms with Gasteiger partial charge in [-0.05, 0) is 50.3 Å². The fourth-order valence-corrected chi connectivity index (χ4v) is 3.03. The Balaban J connectivity index is 0.00000324. The number of Topliss-reactive ketones (excluding diaryl/α,β-unsaturated/α-hetero) is 1. The lowest BCUT2D eigenvalue weighted by Crippen LogP contribution is -2.32. The van der Waals surface area contributed by atoms with Crippen LogP contribution in [0.4, 0.5) is 5.69 Å². The van der Waals surface area contributed by atoms with Crippen LogP contribution >= 0.6 is 44.3 Å². The van der Waals surface area contributed by atoms with Crippen LogP contribution < -0.4 is 11.5 Å². The normalized spacial score (nSPS) is 12.1. The molecule has 0 saturated carbocycles. The molecule has 0 aliphatic carbocycles. The molecule has 1 aromatic carbocycles. The highest BCUT2D eigenvalue weighted by molar-refractivity contribution is 9.11. The Bertz CT molecular complexity index is 481. The molecule has 19 heavy (non-hydrogen) atoms. The van der Waals surface area contributed by atoms with Crippen molar-refractivity contribution in [2.24, 2.45) is 11.7 Å². The fourth-order valence-electron chi connectivity index (χ4n) is 1.68. The number of hydrogen-bond donors (Lipinski definition) is 3. The van der Waals surface area contributed by atoms with Crippen molar-refractivity contribution >= 4 is 55.7 Å². The maximum atomic E-state index is 12.2. The van der Waals surface area contributed by atoms with Crippen molar-refractivity contribution < 1.29 is 9.90 Å². The van der Waals surface area contributed by atoms with Gasteiger partial charge in [0.25, 0.3) is 0 Å². The standard InChI is InChI=1S/C12H16Br2N2O2.ClH/c1-5(2)3-8(16)12(18)9-7(15)4-6(13)11(17)10(9)14;/h4-5,8,17H,3,15-16H2,1-2H3;1H/t8-;/m0./s1. The van der Waals surface area contributed by atoms with Crippen LogP contribution in [-0.4, -0.2) is 16.9 Å². The van der Waals surface area contributed by atoms with Crippen LogP contribution in [-0.2, 0) is 0 Å². The molecule has 0 aliphatic rings. The van der Waals surface area contributed by atoms with E-state index in [4.69, 9.17) is 11.5 Å². The van der Waals surface area contributed by atoms with Crippen molar-refractivity contribution in [3.8, 4) is 5.75 Å². The third-order valence-electron chi connectivity index (χ3n) is 2.53. The van der Waals surface area contributed by atoms with Gasteiger partial charge in [-0.15, -0.1) is 12.4 Å². The summed E-state index contributed by atoms with van der Waals surface area (Å²) in [7, 11) is 0. The molecule has 5 N–H and O–H groups in total. The third-order valence-corrected chi connectivity index (χ3v) is 3.91. The number of phenolic OH excluding ortho intramolecular Hbond substituents is 1. The summed E-state index contributed by atoms with van der Waals surface area (Å²) in [5, 5.41) is 9.78. The van der Waals surface area contributed by atoms with Gasteiger partial charge in [0.1, 0.15) is 5.75 Å². The molecule has 108 valence electrons. The van der Waals surface area contributed by atoms with Crippen LogP contribution in [0, 0.1) is 5.92 Å². The third kappa shape index (κ3) is 4.34. The molecule has 0 amide bonds. The van der Waals surface area contributed by atoms with E-state index < -0.39 is 6.04 Å². The predicted octanol–water partition coefficient (Wildman–Crippen LogP) is 3.48. The first-order chi connectivity index (χ1) is 8.25. The highest BCUT2D eigenvalue weighted by Gasteiger charge is 2.24. The molecule has 0 radical (unpaired) electrons. The van der Waals surface area contributed by atoms with Gasteiger partial charge in [0.05, 0.1) is 20.6 Å². The molecule has 0 saturated heterocycles. The molecule has 1 atom stereocenters. The second kappa shape index (κ2) is 7.47. The van der Waals surface area contributed by atoms with Crippen LogP contribution in [0.15, 0.2) is 15.0 Å². The Morgan fingerprint density at radius 3 is 2.42 bits per heavy atom. The van der Waals surface area contributed by atoms with Crippen LogP contribution in [0.2, 0.25) is 0 Å². The van der Waals surface area contributed by atoms with Gasteiger partial charge in [-0.1, -0.05) is 13.8 Å². The summed E-state index contributed by atoms with van der Waals surface area (Å²) in [4.78, 5) is 12.2. The van der Waals surface area contributed by atoms with Gasteiger partial charge in [-0.25, -0.2) is 0 Å². The summed E-state index contributed by atoms with van der Waals surface area (Å²) in [6.07, 6.45) is 0.571. The number of halogens is 3. The monoisotopic (exact) mass is 414 g/mol. The van der Waals surface area contributed by atoms with E-state index in [1.54, 1.807) is 0 Å². The van der Waals surface area contributed by atoms with Crippen LogP contribution in [0.3, 0.4) is 0 Å². The van der Waals surface area contributed by atoms with Gasteiger partial charge in [0.2, 0.25) is 0 Å². The van der Waals surface area contributed by atoms with E-state index in [2.05, 4.69) is 31.9 Å². The molecule has 0 aliphatic heterocycles. The Hall–Kier alpha value is -0.300. The summed E-state index contributed by atoms with van der Waals surface area (Å²) in [5.74, 6) is -0.00633. The minimum atomic E-state index is -0.621. The van der Waals surface area contributed by atoms with Crippen LogP contribution in [0.5, 0.6) is 5.75 Å². The lowest BCUT2D eigenvalue weighted by atomic mass is 9.96. The molecule has 0 fully saturated rings. The van der Waals surface area contributed by atoms with Crippen molar-refractivity contribution in [2.45, 2.75) is 26.3 Å². The molecule has 0 spiro atoms. The second-order valence-electron chi connectivity index (χ2n) is 4.59. The minimum Gasteiger partial charge on any atom is -0.506 e. The van der Waals surface area contributed by atoms with E-state index in [0.29, 0.717) is 16.8 Å². The van der Waals surface area contributed by atoms with Gasteiger partial charge in [0, 0.05) is 5.69 Å². The van der Waals surface area contributed by atoms with E-state index in [1.165, 1.54) is 6.07 Å². The molecule has 0 heterocycles. The van der Waals surface area contributed by atoms with Crippen molar-refractivity contribution in [3.05, 3.63) is 20.6 Å². The van der Waals surface area contributed by atoms with Crippen LogP contribution in [0.1, 0.15) is 30.6 Å². The molecule has 1 rings (SSSR count). The first-order valence-corrected chi connectivity index (χ1v) is 7.10. The lowest BCUT2D eigenvalue weighted by Gasteiger charge is -2.16. The maximum absolute atomic E-state index is 12.2. The van der Waals surface area contributed by atoms with E-state index in [9.17, 15) is 9.90 Å². The van der Waals surface area contributed by atoms with E-state index in [1.807, 2.05) is 13.8 Å². The van der Waals surface area contributed by atoms with E-state index >= 15 is 0 Å². The second-order valence-corrected chi connectivity index (χ2v) is 6.23. The highest BCUT2D eigenvalue weighted by atomic mass is 79.9. The number of benzene rings is 1. The molecule has 1 aromatic rings. The summed E-state index contributed by atoms with van der Waals surface area (Å²) in [6, 6.07) is 0.874. The van der Waals surface area contributed by atoms with E-state index in [-0.39, 0.29) is 39.7 Å². The number of ketones is 1. The Labute approximate surface area is 135 Å². The molecule has 0 bridgehead atoms. The topological polar surface area (TPSA) is 89.3 Å². The van der Waals surface area contributed by atoms with Gasteiger partial charge >= 0.3 is 0 Å². The fraction of sp³-hybridized carbons (Fsp3) is 0.417. The summed E-state index contributed by atoms with van der Waals surface area (Å²) < 4.78 is 0.708. The number of rotatable bonds is 4. The predicted molar refractivity (Wildman–Crippen MR) is 86.9 cm³/mol. The number of nitrogen functional groups attached to an aromatic ring is 1. The minimum absolute atomic E-state index is 0. The number of aromatic hydroxyl groups is 1. The molecule has 0 aromatic heterocycles. The SMILES string of the molecule is CC(C)C[C@H](N)C(=O)c1c(N)cc(Br)c(O)c1Br.Cl. The van der Waals surface area contributed by atoms with Crippen LogP contribution in [0.25, 0.3) is 0 Å². The smallest absolute Gasteiger partial charge is 0.182 e. The maximum Gasteiger partial charge on any atom is 0.182 e. The highest BCUT2D eigenvalue weighted by Crippen LogP contribution is 2.39. The number of phenols is 1. The van der Waals surface area contributed by atoms with Crippen molar-refractivity contribution in [2.75, 3.05) is 5.73 Å². The molecular weight excluding hydrogens is 399 g/mol. The zero-order valence-electron chi connectivity index (χ0n) is 10.6. The molecule has 7 heteroatoms. The van der Waals surface area contributed by atoms with Gasteiger partial charge < -0.3 is 16.6 Å². The van der Waals surface area contributed by atoms with Gasteiger partial charge in [-0.3, -0.25) is 4.79 Å². The lowest BCUT2D eigenvalue weighted by molar-refractivity contribution is 0.0950. The van der Waals surface area contributed by atoms with E-state index in [0.717, 1.165) is 0 Å². The van der Waals surface area contributed by atoms with Crippen molar-refractivity contribution in [3.63, 3.8) is 0 Å². The summed E-state index contributed by atoms with van der Waals surface area (Å²) in [6.45, 7) is 3.98. The Kier molecular flexibility index (Phi) is 7.36. The molecular formula is C12H17Br2ClN2O2. The number of nitrogens with two attached hydrogens (primary N) is 2. The zero-order chi connectivity index (χ0) is 14.0. The average molecular weight is 417 g/mol. The number of carbonyl (C=O) groups excluding carboxylic acids is 1. The number of carbonyl (C=O) groups is 1. The zero-order valence-corrected chi connectivity index (χ0v) is 14.6. The summed E-state index contributed by atoms with van der Waals surface area (Å²) >= 11 is 6.34.